The fourth-order valence-corrected chi connectivity index (χ4v) is 0.246. The van der Waals surface area contributed by atoms with Crippen LogP contribution in [0.15, 0.2) is 0 Å². The van der Waals surface area contributed by atoms with Gasteiger partial charge in [-0.3, -0.25) is 9.50 Å². The Labute approximate surface area is 42.1 Å². The fraction of sp³-hybridized carbons (Fsp3) is 0.750. The zero-order valence-electron chi connectivity index (χ0n) is 4.31. The summed E-state index contributed by atoms with van der Waals surface area (Å²) in [6.45, 7) is 1.92. The molecule has 0 spiro atoms. The van der Waals surface area contributed by atoms with Crippen LogP contribution in [0.25, 0.3) is 0 Å². The van der Waals surface area contributed by atoms with Crippen LogP contribution in [0, 0.1) is 0 Å². The SMILES string of the molecule is CCCC(N)=O.F. The number of primary amides is 1. The zero-order valence-corrected chi connectivity index (χ0v) is 4.31. The second kappa shape index (κ2) is 5.40. The summed E-state index contributed by atoms with van der Waals surface area (Å²) in [6, 6.07) is 0. The smallest absolute Gasteiger partial charge is 0.217 e. The molecule has 0 fully saturated rings. The van der Waals surface area contributed by atoms with Crippen LogP contribution in [0.2, 0.25) is 0 Å². The Morgan fingerprint density at radius 3 is 2.14 bits per heavy atom. The molecule has 0 aliphatic heterocycles. The Morgan fingerprint density at radius 2 is 2.14 bits per heavy atom. The summed E-state index contributed by atoms with van der Waals surface area (Å²) >= 11 is 0. The number of hydrogen-bond acceptors (Lipinski definition) is 1. The first-order valence-corrected chi connectivity index (χ1v) is 2.05. The molecule has 2 N–H and O–H groups in total. The average molecular weight is 107 g/mol. The van der Waals surface area contributed by atoms with Gasteiger partial charge in [0.15, 0.2) is 0 Å². The molecular formula is C4H10FNO. The van der Waals surface area contributed by atoms with Crippen molar-refractivity contribution in [3.05, 3.63) is 0 Å². The first kappa shape index (κ1) is 9.64. The molecule has 0 saturated heterocycles. The number of amides is 1. The van der Waals surface area contributed by atoms with E-state index in [2.05, 4.69) is 0 Å². The topological polar surface area (TPSA) is 43.1 Å². The number of hydrogen-bond donors (Lipinski definition) is 1. The highest BCUT2D eigenvalue weighted by Crippen LogP contribution is 1.79. The van der Waals surface area contributed by atoms with Gasteiger partial charge in [0.05, 0.1) is 0 Å². The molecule has 0 rings (SSSR count). The monoisotopic (exact) mass is 107 g/mol. The van der Waals surface area contributed by atoms with Crippen molar-refractivity contribution in [2.24, 2.45) is 5.73 Å². The Bertz CT molecular complexity index is 55.7. The lowest BCUT2D eigenvalue weighted by Crippen LogP contribution is -2.08. The van der Waals surface area contributed by atoms with Gasteiger partial charge in [-0.1, -0.05) is 6.92 Å². The summed E-state index contributed by atoms with van der Waals surface area (Å²) < 4.78 is 0. The number of carbonyl (C=O) groups excluding carboxylic acids is 1. The van der Waals surface area contributed by atoms with Crippen molar-refractivity contribution in [2.45, 2.75) is 19.8 Å². The predicted molar refractivity (Wildman–Crippen MR) is 26.6 cm³/mol. The highest BCUT2D eigenvalue weighted by molar-refractivity contribution is 5.73. The quantitative estimate of drug-likeness (QED) is 0.546. The maximum Gasteiger partial charge on any atom is 0.217 e. The Kier molecular flexibility index (Phi) is 7.44. The van der Waals surface area contributed by atoms with Crippen LogP contribution >= 0.6 is 0 Å². The molecule has 7 heavy (non-hydrogen) atoms. The average Bonchev–Trinajstić information content (AvgIpc) is 1.35. The fourth-order valence-electron chi connectivity index (χ4n) is 0.246. The molecule has 44 valence electrons. The van der Waals surface area contributed by atoms with Gasteiger partial charge in [-0.25, -0.2) is 0 Å². The summed E-state index contributed by atoms with van der Waals surface area (Å²) in [5.41, 5.74) is 4.76. The lowest BCUT2D eigenvalue weighted by Gasteiger charge is -1.81. The molecule has 0 aromatic heterocycles. The molecule has 0 unspecified atom stereocenters. The first-order chi connectivity index (χ1) is 2.77. The van der Waals surface area contributed by atoms with E-state index >= 15 is 0 Å². The standard InChI is InChI=1S/C4H9NO.FH/c1-2-3-4(5)6;/h2-3H2,1H3,(H2,5,6);1H. The van der Waals surface area contributed by atoms with Crippen LogP contribution in [0.4, 0.5) is 4.70 Å². The van der Waals surface area contributed by atoms with Gasteiger partial charge in [-0.2, -0.15) is 0 Å². The van der Waals surface area contributed by atoms with Gasteiger partial charge in [0, 0.05) is 6.42 Å². The van der Waals surface area contributed by atoms with E-state index in [0.717, 1.165) is 6.42 Å². The molecule has 0 aromatic rings. The summed E-state index contributed by atoms with van der Waals surface area (Å²) in [4.78, 5) is 9.82. The van der Waals surface area contributed by atoms with Crippen LogP contribution in [0.5, 0.6) is 0 Å². The van der Waals surface area contributed by atoms with Crippen LogP contribution < -0.4 is 5.73 Å². The van der Waals surface area contributed by atoms with Gasteiger partial charge in [-0.15, -0.1) is 0 Å². The van der Waals surface area contributed by atoms with E-state index in [1.807, 2.05) is 6.92 Å². The second-order valence-electron chi connectivity index (χ2n) is 1.22. The van der Waals surface area contributed by atoms with Gasteiger partial charge < -0.3 is 5.73 Å². The van der Waals surface area contributed by atoms with E-state index in [1.165, 1.54) is 0 Å². The molecule has 0 aromatic carbocycles. The molecular weight excluding hydrogens is 97.0 g/mol. The highest BCUT2D eigenvalue weighted by atomic mass is 19.0. The third kappa shape index (κ3) is 10.8. The Balaban J connectivity index is 0. The molecule has 0 bridgehead atoms. The van der Waals surface area contributed by atoms with Crippen molar-refractivity contribution >= 4 is 5.91 Å². The number of rotatable bonds is 2. The first-order valence-electron chi connectivity index (χ1n) is 2.05. The van der Waals surface area contributed by atoms with E-state index in [-0.39, 0.29) is 10.6 Å². The molecule has 1 amide bonds. The summed E-state index contributed by atoms with van der Waals surface area (Å²) in [7, 11) is 0. The van der Waals surface area contributed by atoms with Crippen molar-refractivity contribution in [3.63, 3.8) is 0 Å². The largest absolute Gasteiger partial charge is 0.370 e. The molecule has 2 nitrogen and oxygen atoms in total. The molecule has 0 heterocycles. The summed E-state index contributed by atoms with van der Waals surface area (Å²) in [5, 5.41) is 0. The van der Waals surface area contributed by atoms with Gasteiger partial charge in [0.25, 0.3) is 0 Å². The van der Waals surface area contributed by atoms with Crippen molar-refractivity contribution in [1.82, 2.24) is 0 Å². The van der Waals surface area contributed by atoms with Crippen LogP contribution in [-0.2, 0) is 4.79 Å². The van der Waals surface area contributed by atoms with Gasteiger partial charge in [0.2, 0.25) is 5.91 Å². The minimum Gasteiger partial charge on any atom is -0.370 e. The van der Waals surface area contributed by atoms with E-state index < -0.39 is 0 Å². The van der Waals surface area contributed by atoms with E-state index in [0.29, 0.717) is 6.42 Å². The lowest BCUT2D eigenvalue weighted by molar-refractivity contribution is -0.118. The van der Waals surface area contributed by atoms with E-state index in [1.54, 1.807) is 0 Å². The van der Waals surface area contributed by atoms with Crippen molar-refractivity contribution in [3.8, 4) is 0 Å². The van der Waals surface area contributed by atoms with Crippen LogP contribution in [0.3, 0.4) is 0 Å². The maximum atomic E-state index is 9.82. The normalized spacial score (nSPS) is 7.00. The van der Waals surface area contributed by atoms with Crippen molar-refractivity contribution < 1.29 is 9.50 Å². The minimum absolute atomic E-state index is 0. The van der Waals surface area contributed by atoms with Crippen molar-refractivity contribution in [2.75, 3.05) is 0 Å². The second-order valence-corrected chi connectivity index (χ2v) is 1.22. The molecule has 0 aliphatic carbocycles. The summed E-state index contributed by atoms with van der Waals surface area (Å²) in [6.07, 6.45) is 1.37. The lowest BCUT2D eigenvalue weighted by atomic mass is 10.3. The third-order valence-electron chi connectivity index (χ3n) is 0.496. The Hall–Kier alpha value is -0.600. The maximum absolute atomic E-state index is 9.82. The molecule has 0 atom stereocenters. The molecule has 3 heteroatoms. The predicted octanol–water partition coefficient (Wildman–Crippen LogP) is 0.424. The van der Waals surface area contributed by atoms with Gasteiger partial charge in [0.1, 0.15) is 0 Å². The minimum atomic E-state index is -0.211. The van der Waals surface area contributed by atoms with E-state index in [9.17, 15) is 4.79 Å². The van der Waals surface area contributed by atoms with Gasteiger partial charge in [-0.05, 0) is 6.42 Å². The van der Waals surface area contributed by atoms with Crippen molar-refractivity contribution in [1.29, 1.82) is 0 Å². The van der Waals surface area contributed by atoms with Crippen LogP contribution in [0.1, 0.15) is 19.8 Å². The third-order valence-corrected chi connectivity index (χ3v) is 0.496. The zero-order chi connectivity index (χ0) is 4.99. The van der Waals surface area contributed by atoms with E-state index in [4.69, 9.17) is 5.73 Å². The summed E-state index contributed by atoms with van der Waals surface area (Å²) in [5.74, 6) is -0.211. The highest BCUT2D eigenvalue weighted by Gasteiger charge is 1.84. The number of carbonyl (C=O) groups is 1. The number of nitrogens with two attached hydrogens (primary N) is 1. The van der Waals surface area contributed by atoms with Crippen LogP contribution in [-0.4, -0.2) is 5.91 Å². The molecule has 0 radical (unpaired) electrons. The molecule has 0 saturated carbocycles. The Morgan fingerprint density at radius 1 is 1.71 bits per heavy atom. The van der Waals surface area contributed by atoms with Gasteiger partial charge >= 0.3 is 0 Å². The molecule has 0 aliphatic rings. The number of halogens is 1.